The van der Waals surface area contributed by atoms with Crippen molar-refractivity contribution in [2.75, 3.05) is 18.4 Å². The SMILES string of the molecule is CC(C(=O)Nc1ccc(Br)c(Cl)c1)C1CNC1. The minimum Gasteiger partial charge on any atom is -0.326 e. The first kappa shape index (κ1) is 12.9. The van der Waals surface area contributed by atoms with E-state index in [1.165, 1.54) is 0 Å². The largest absolute Gasteiger partial charge is 0.326 e. The van der Waals surface area contributed by atoms with Gasteiger partial charge in [-0.05, 0) is 53.1 Å². The summed E-state index contributed by atoms with van der Waals surface area (Å²) in [6.45, 7) is 3.81. The Balaban J connectivity index is 1.99. The fraction of sp³-hybridized carbons (Fsp3) is 0.417. The van der Waals surface area contributed by atoms with Crippen molar-refractivity contribution in [2.24, 2.45) is 11.8 Å². The number of hydrogen-bond donors (Lipinski definition) is 2. The van der Waals surface area contributed by atoms with Crippen molar-refractivity contribution in [2.45, 2.75) is 6.92 Å². The van der Waals surface area contributed by atoms with E-state index in [-0.39, 0.29) is 11.8 Å². The van der Waals surface area contributed by atoms with Crippen molar-refractivity contribution in [1.29, 1.82) is 0 Å². The Morgan fingerprint density at radius 1 is 1.59 bits per heavy atom. The standard InChI is InChI=1S/C12H14BrClN2O/c1-7(8-5-15-6-8)12(17)16-9-2-3-10(13)11(14)4-9/h2-4,7-8,15H,5-6H2,1H3,(H,16,17). The minimum atomic E-state index is 0.0265. The second-order valence-corrected chi connectivity index (χ2v) is 5.59. The third-order valence-corrected chi connectivity index (χ3v) is 4.35. The lowest BCUT2D eigenvalue weighted by molar-refractivity contribution is -0.121. The molecule has 0 bridgehead atoms. The van der Waals surface area contributed by atoms with E-state index in [1.807, 2.05) is 19.1 Å². The Morgan fingerprint density at radius 3 is 2.82 bits per heavy atom. The van der Waals surface area contributed by atoms with Crippen LogP contribution in [0.15, 0.2) is 22.7 Å². The molecule has 0 aliphatic carbocycles. The third kappa shape index (κ3) is 3.00. The van der Waals surface area contributed by atoms with Crippen molar-refractivity contribution in [1.82, 2.24) is 5.32 Å². The van der Waals surface area contributed by atoms with Gasteiger partial charge in [0, 0.05) is 16.1 Å². The van der Waals surface area contributed by atoms with E-state index in [2.05, 4.69) is 26.6 Å². The highest BCUT2D eigenvalue weighted by Gasteiger charge is 2.28. The molecule has 0 saturated carbocycles. The highest BCUT2D eigenvalue weighted by molar-refractivity contribution is 9.10. The van der Waals surface area contributed by atoms with Gasteiger partial charge < -0.3 is 10.6 Å². The topological polar surface area (TPSA) is 41.1 Å². The molecule has 92 valence electrons. The average Bonchev–Trinajstić information content (AvgIpc) is 2.21. The van der Waals surface area contributed by atoms with Gasteiger partial charge >= 0.3 is 0 Å². The van der Waals surface area contributed by atoms with Gasteiger partial charge in [-0.15, -0.1) is 0 Å². The summed E-state index contributed by atoms with van der Waals surface area (Å²) in [7, 11) is 0. The fourth-order valence-corrected chi connectivity index (χ4v) is 2.14. The molecule has 1 fully saturated rings. The molecule has 17 heavy (non-hydrogen) atoms. The molecule has 0 radical (unpaired) electrons. The van der Waals surface area contributed by atoms with Crippen LogP contribution in [0.3, 0.4) is 0 Å². The zero-order valence-corrected chi connectivity index (χ0v) is 11.8. The zero-order chi connectivity index (χ0) is 12.4. The summed E-state index contributed by atoms with van der Waals surface area (Å²) in [4.78, 5) is 11.9. The summed E-state index contributed by atoms with van der Waals surface area (Å²) in [6.07, 6.45) is 0. The molecule has 3 nitrogen and oxygen atoms in total. The van der Waals surface area contributed by atoms with E-state index in [9.17, 15) is 4.79 Å². The van der Waals surface area contributed by atoms with Crippen LogP contribution in [-0.2, 0) is 4.79 Å². The van der Waals surface area contributed by atoms with Crippen molar-refractivity contribution < 1.29 is 4.79 Å². The molecule has 1 aliphatic heterocycles. The number of carbonyl (C=O) groups is 1. The fourth-order valence-electron chi connectivity index (χ4n) is 1.71. The minimum absolute atomic E-state index is 0.0265. The van der Waals surface area contributed by atoms with Crippen LogP contribution in [0.1, 0.15) is 6.92 Å². The number of amides is 1. The maximum Gasteiger partial charge on any atom is 0.227 e. The number of rotatable bonds is 3. The van der Waals surface area contributed by atoms with Gasteiger partial charge in [0.05, 0.1) is 5.02 Å². The molecular weight excluding hydrogens is 304 g/mol. The van der Waals surface area contributed by atoms with E-state index in [1.54, 1.807) is 6.07 Å². The van der Waals surface area contributed by atoms with Crippen LogP contribution in [0.5, 0.6) is 0 Å². The molecule has 1 atom stereocenters. The summed E-state index contributed by atoms with van der Waals surface area (Å²) in [6, 6.07) is 5.41. The van der Waals surface area contributed by atoms with Crippen LogP contribution in [0.4, 0.5) is 5.69 Å². The highest BCUT2D eigenvalue weighted by atomic mass is 79.9. The van der Waals surface area contributed by atoms with E-state index >= 15 is 0 Å². The van der Waals surface area contributed by atoms with Crippen LogP contribution in [0.25, 0.3) is 0 Å². The zero-order valence-electron chi connectivity index (χ0n) is 9.47. The van der Waals surface area contributed by atoms with Gasteiger partial charge in [0.25, 0.3) is 0 Å². The molecular formula is C12H14BrClN2O. The van der Waals surface area contributed by atoms with Crippen molar-refractivity contribution in [3.8, 4) is 0 Å². The predicted octanol–water partition coefficient (Wildman–Crippen LogP) is 2.90. The number of carbonyl (C=O) groups excluding carboxylic acids is 1. The number of benzene rings is 1. The summed E-state index contributed by atoms with van der Waals surface area (Å²) >= 11 is 9.28. The molecule has 0 aromatic heterocycles. The third-order valence-electron chi connectivity index (χ3n) is 3.12. The van der Waals surface area contributed by atoms with E-state index in [0.29, 0.717) is 10.9 Å². The quantitative estimate of drug-likeness (QED) is 0.900. The van der Waals surface area contributed by atoms with Gasteiger partial charge in [-0.3, -0.25) is 4.79 Å². The molecule has 2 N–H and O–H groups in total. The molecule has 1 aromatic rings. The number of anilines is 1. The predicted molar refractivity (Wildman–Crippen MR) is 73.3 cm³/mol. The molecule has 0 spiro atoms. The lowest BCUT2D eigenvalue weighted by Crippen LogP contribution is -2.48. The van der Waals surface area contributed by atoms with Gasteiger partial charge in [-0.2, -0.15) is 0 Å². The Morgan fingerprint density at radius 2 is 2.29 bits per heavy atom. The molecule has 2 rings (SSSR count). The Hall–Kier alpha value is -0.580. The lowest BCUT2D eigenvalue weighted by Gasteiger charge is -2.31. The van der Waals surface area contributed by atoms with E-state index in [4.69, 9.17) is 11.6 Å². The second-order valence-electron chi connectivity index (χ2n) is 4.33. The smallest absolute Gasteiger partial charge is 0.227 e. The Bertz CT molecular complexity index is 435. The molecule has 1 aromatic carbocycles. The van der Waals surface area contributed by atoms with Crippen LogP contribution < -0.4 is 10.6 Å². The van der Waals surface area contributed by atoms with Crippen LogP contribution in [-0.4, -0.2) is 19.0 Å². The summed E-state index contributed by atoms with van der Waals surface area (Å²) in [5, 5.41) is 6.65. The van der Waals surface area contributed by atoms with Gasteiger partial charge in [0.2, 0.25) is 5.91 Å². The Kier molecular flexibility index (Phi) is 4.07. The second kappa shape index (κ2) is 5.38. The van der Waals surface area contributed by atoms with E-state index < -0.39 is 0 Å². The van der Waals surface area contributed by atoms with Gasteiger partial charge in [0.15, 0.2) is 0 Å². The highest BCUT2D eigenvalue weighted by Crippen LogP contribution is 2.26. The average molecular weight is 318 g/mol. The van der Waals surface area contributed by atoms with E-state index in [0.717, 1.165) is 23.2 Å². The summed E-state index contributed by atoms with van der Waals surface area (Å²) in [5.74, 6) is 0.523. The van der Waals surface area contributed by atoms with Crippen molar-refractivity contribution in [3.63, 3.8) is 0 Å². The molecule has 5 heteroatoms. The van der Waals surface area contributed by atoms with Gasteiger partial charge in [-0.25, -0.2) is 0 Å². The van der Waals surface area contributed by atoms with Crippen molar-refractivity contribution in [3.05, 3.63) is 27.7 Å². The lowest BCUT2D eigenvalue weighted by atomic mass is 9.88. The normalized spacial score (nSPS) is 17.4. The monoisotopic (exact) mass is 316 g/mol. The summed E-state index contributed by atoms with van der Waals surface area (Å²) in [5.41, 5.74) is 0.738. The number of nitrogens with one attached hydrogen (secondary N) is 2. The Labute approximate surface area is 114 Å². The first-order valence-corrected chi connectivity index (χ1v) is 6.71. The molecule has 1 amide bonds. The maximum atomic E-state index is 11.9. The number of halogens is 2. The van der Waals surface area contributed by atoms with Crippen LogP contribution in [0.2, 0.25) is 5.02 Å². The van der Waals surface area contributed by atoms with Crippen LogP contribution >= 0.6 is 27.5 Å². The van der Waals surface area contributed by atoms with Crippen molar-refractivity contribution >= 4 is 39.1 Å². The first-order valence-electron chi connectivity index (χ1n) is 5.54. The maximum absolute atomic E-state index is 11.9. The first-order chi connectivity index (χ1) is 8.08. The molecule has 1 aliphatic rings. The molecule has 1 heterocycles. The van der Waals surface area contributed by atoms with Gasteiger partial charge in [-0.1, -0.05) is 18.5 Å². The van der Waals surface area contributed by atoms with Crippen LogP contribution in [0, 0.1) is 11.8 Å². The van der Waals surface area contributed by atoms with Gasteiger partial charge in [0.1, 0.15) is 0 Å². The summed E-state index contributed by atoms with van der Waals surface area (Å²) < 4.78 is 0.827. The molecule has 1 unspecified atom stereocenters. The molecule has 1 saturated heterocycles. The number of hydrogen-bond acceptors (Lipinski definition) is 2.